The second-order valence-corrected chi connectivity index (χ2v) is 8.40. The number of hydrogen-bond acceptors (Lipinski definition) is 5. The molecular weight excluding hydrogens is 396 g/mol. The minimum Gasteiger partial charge on any atom is -0.492 e. The first-order chi connectivity index (χ1) is 14.7. The Morgan fingerprint density at radius 2 is 2.13 bits per heavy atom. The van der Waals surface area contributed by atoms with Gasteiger partial charge in [-0.2, -0.15) is 0 Å². The Kier molecular flexibility index (Phi) is 9.47. The predicted molar refractivity (Wildman–Crippen MR) is 125 cm³/mol. The van der Waals surface area contributed by atoms with E-state index in [0.29, 0.717) is 13.2 Å². The Hall–Kier alpha value is -2.09. The van der Waals surface area contributed by atoms with E-state index >= 15 is 0 Å². The Morgan fingerprint density at radius 1 is 1.27 bits per heavy atom. The van der Waals surface area contributed by atoms with Crippen LogP contribution in [0.5, 0.6) is 5.75 Å². The lowest BCUT2D eigenvalue weighted by atomic mass is 10.2. The van der Waals surface area contributed by atoms with E-state index in [1.807, 2.05) is 23.5 Å². The third kappa shape index (κ3) is 7.63. The van der Waals surface area contributed by atoms with Crippen molar-refractivity contribution < 1.29 is 9.47 Å². The van der Waals surface area contributed by atoms with Crippen molar-refractivity contribution in [3.63, 3.8) is 0 Å². The largest absolute Gasteiger partial charge is 0.492 e. The number of guanidine groups is 1. The van der Waals surface area contributed by atoms with E-state index in [2.05, 4.69) is 58.7 Å². The van der Waals surface area contributed by atoms with Crippen molar-refractivity contribution in [2.75, 3.05) is 59.6 Å². The van der Waals surface area contributed by atoms with Crippen molar-refractivity contribution in [2.24, 2.45) is 4.99 Å². The van der Waals surface area contributed by atoms with Gasteiger partial charge in [0.25, 0.3) is 0 Å². The Bertz CT molecular complexity index is 760. The zero-order valence-corrected chi connectivity index (χ0v) is 19.0. The average Bonchev–Trinajstić information content (AvgIpc) is 3.30. The summed E-state index contributed by atoms with van der Waals surface area (Å²) in [6, 6.07) is 12.6. The summed E-state index contributed by atoms with van der Waals surface area (Å²) in [5.74, 6) is 1.85. The molecule has 1 aromatic carbocycles. The average molecular weight is 431 g/mol. The minimum atomic E-state index is 0.631. The minimum absolute atomic E-state index is 0.631. The summed E-state index contributed by atoms with van der Waals surface area (Å²) in [7, 11) is 2.10. The number of likely N-dealkylation sites (N-methyl/N-ethyl adjacent to an activating group) is 1. The molecule has 3 rings (SSSR count). The summed E-state index contributed by atoms with van der Waals surface area (Å²) in [5, 5.41) is 5.53. The van der Waals surface area contributed by atoms with Crippen LogP contribution in [0, 0.1) is 0 Å². The highest BCUT2D eigenvalue weighted by atomic mass is 32.1. The third-order valence-electron chi connectivity index (χ3n) is 5.06. The predicted octanol–water partition coefficient (Wildman–Crippen LogP) is 3.10. The van der Waals surface area contributed by atoms with Crippen molar-refractivity contribution in [1.82, 2.24) is 15.1 Å². The van der Waals surface area contributed by atoms with Gasteiger partial charge in [-0.25, -0.2) is 4.99 Å². The van der Waals surface area contributed by atoms with Crippen LogP contribution in [0.2, 0.25) is 0 Å². The first-order valence-corrected chi connectivity index (χ1v) is 11.7. The lowest BCUT2D eigenvalue weighted by Gasteiger charge is -2.26. The molecular formula is C23H34N4O2S. The molecule has 2 heterocycles. The molecule has 1 fully saturated rings. The Morgan fingerprint density at radius 3 is 2.90 bits per heavy atom. The fourth-order valence-corrected chi connectivity index (χ4v) is 4.02. The van der Waals surface area contributed by atoms with Gasteiger partial charge < -0.3 is 19.7 Å². The van der Waals surface area contributed by atoms with Crippen LogP contribution in [-0.2, 0) is 17.7 Å². The quantitative estimate of drug-likeness (QED) is 0.464. The molecule has 0 saturated carbocycles. The molecule has 1 aliphatic heterocycles. The monoisotopic (exact) mass is 430 g/mol. The Balaban J connectivity index is 1.49. The first kappa shape index (κ1) is 22.6. The maximum absolute atomic E-state index is 5.98. The van der Waals surface area contributed by atoms with Crippen LogP contribution in [0.3, 0.4) is 0 Å². The van der Waals surface area contributed by atoms with E-state index < -0.39 is 0 Å². The van der Waals surface area contributed by atoms with Crippen LogP contribution in [0.1, 0.15) is 17.4 Å². The summed E-state index contributed by atoms with van der Waals surface area (Å²) in [4.78, 5) is 10.8. The first-order valence-electron chi connectivity index (χ1n) is 10.8. The molecule has 0 amide bonds. The fraction of sp³-hybridized carbons (Fsp3) is 0.522. The van der Waals surface area contributed by atoms with Crippen molar-refractivity contribution in [1.29, 1.82) is 0 Å². The fourth-order valence-electron chi connectivity index (χ4n) is 3.33. The standard InChI is InChI=1S/C23H34N4O2S/c1-3-24-23(26(2)10-9-22-8-5-17-30-22)25-19-20-6-4-7-21(18-20)29-16-13-27-11-14-28-15-12-27/h4-8,17-18H,3,9-16,19H2,1-2H3,(H,24,25). The lowest BCUT2D eigenvalue weighted by Crippen LogP contribution is -2.39. The van der Waals surface area contributed by atoms with Crippen LogP contribution in [0.25, 0.3) is 0 Å². The van der Waals surface area contributed by atoms with Crippen LogP contribution in [0.15, 0.2) is 46.8 Å². The maximum Gasteiger partial charge on any atom is 0.193 e. The molecule has 7 heteroatoms. The highest BCUT2D eigenvalue weighted by molar-refractivity contribution is 7.09. The summed E-state index contributed by atoms with van der Waals surface area (Å²) in [6.45, 7) is 9.79. The zero-order chi connectivity index (χ0) is 21.0. The van der Waals surface area contributed by atoms with E-state index in [1.54, 1.807) is 0 Å². The van der Waals surface area contributed by atoms with Crippen molar-refractivity contribution in [3.05, 3.63) is 52.2 Å². The number of rotatable bonds is 10. The number of benzene rings is 1. The van der Waals surface area contributed by atoms with Gasteiger partial charge in [-0.05, 0) is 42.5 Å². The van der Waals surface area contributed by atoms with E-state index in [-0.39, 0.29) is 0 Å². The van der Waals surface area contributed by atoms with Crippen LogP contribution in [0.4, 0.5) is 0 Å². The summed E-state index contributed by atoms with van der Waals surface area (Å²) < 4.78 is 11.4. The van der Waals surface area contributed by atoms with Gasteiger partial charge in [0.1, 0.15) is 12.4 Å². The smallest absolute Gasteiger partial charge is 0.193 e. The highest BCUT2D eigenvalue weighted by Crippen LogP contribution is 2.15. The molecule has 164 valence electrons. The molecule has 1 aromatic heterocycles. The highest BCUT2D eigenvalue weighted by Gasteiger charge is 2.10. The normalized spacial score (nSPS) is 15.2. The van der Waals surface area contributed by atoms with Gasteiger partial charge in [-0.15, -0.1) is 11.3 Å². The molecule has 0 bridgehead atoms. The van der Waals surface area contributed by atoms with Crippen molar-refractivity contribution >= 4 is 17.3 Å². The zero-order valence-electron chi connectivity index (χ0n) is 18.2. The lowest BCUT2D eigenvalue weighted by molar-refractivity contribution is 0.0322. The van der Waals surface area contributed by atoms with Crippen molar-refractivity contribution in [3.8, 4) is 5.75 Å². The molecule has 6 nitrogen and oxygen atoms in total. The van der Waals surface area contributed by atoms with Crippen molar-refractivity contribution in [2.45, 2.75) is 19.9 Å². The molecule has 2 aromatic rings. The molecule has 0 unspecified atom stereocenters. The van der Waals surface area contributed by atoms with E-state index in [1.165, 1.54) is 4.88 Å². The number of ether oxygens (including phenoxy) is 2. The van der Waals surface area contributed by atoms with Gasteiger partial charge >= 0.3 is 0 Å². The number of hydrogen-bond donors (Lipinski definition) is 1. The van der Waals surface area contributed by atoms with Crippen LogP contribution >= 0.6 is 11.3 Å². The second kappa shape index (κ2) is 12.6. The van der Waals surface area contributed by atoms with Gasteiger partial charge in [-0.1, -0.05) is 18.2 Å². The second-order valence-electron chi connectivity index (χ2n) is 7.37. The summed E-state index contributed by atoms with van der Waals surface area (Å²) in [6.07, 6.45) is 1.03. The van der Waals surface area contributed by atoms with E-state index in [0.717, 1.165) is 69.6 Å². The van der Waals surface area contributed by atoms with Crippen LogP contribution in [-0.4, -0.2) is 75.4 Å². The van der Waals surface area contributed by atoms with E-state index in [4.69, 9.17) is 14.5 Å². The van der Waals surface area contributed by atoms with Gasteiger partial charge in [0.15, 0.2) is 5.96 Å². The summed E-state index contributed by atoms with van der Waals surface area (Å²) in [5.41, 5.74) is 1.15. The molecule has 1 aliphatic rings. The topological polar surface area (TPSA) is 49.3 Å². The number of nitrogens with one attached hydrogen (secondary N) is 1. The number of nitrogens with zero attached hydrogens (tertiary/aromatic N) is 3. The molecule has 0 aliphatic carbocycles. The Labute approximate surface area is 184 Å². The van der Waals surface area contributed by atoms with Crippen LogP contribution < -0.4 is 10.1 Å². The third-order valence-corrected chi connectivity index (χ3v) is 6.00. The van der Waals surface area contributed by atoms with Gasteiger partial charge in [0.2, 0.25) is 0 Å². The molecule has 1 N–H and O–H groups in total. The van der Waals surface area contributed by atoms with E-state index in [9.17, 15) is 0 Å². The van der Waals surface area contributed by atoms with Gasteiger partial charge in [0.05, 0.1) is 19.8 Å². The molecule has 1 saturated heterocycles. The number of morpholine rings is 1. The molecule has 0 radical (unpaired) electrons. The molecule has 30 heavy (non-hydrogen) atoms. The maximum atomic E-state index is 5.98. The summed E-state index contributed by atoms with van der Waals surface area (Å²) >= 11 is 1.81. The van der Waals surface area contributed by atoms with Gasteiger partial charge in [-0.3, -0.25) is 4.90 Å². The molecule has 0 spiro atoms. The number of aliphatic imine (C=N–C) groups is 1. The number of thiophene rings is 1. The SMILES string of the molecule is CCNC(=NCc1cccc(OCCN2CCOCC2)c1)N(C)CCc1cccs1. The van der Waals surface area contributed by atoms with Gasteiger partial charge in [0, 0.05) is 44.6 Å². The molecule has 0 atom stereocenters.